The first-order chi connectivity index (χ1) is 6.71. The molecule has 0 spiro atoms. The van der Waals surface area contributed by atoms with Gasteiger partial charge in [0.2, 0.25) is 0 Å². The van der Waals surface area contributed by atoms with Crippen molar-refractivity contribution in [2.24, 2.45) is 0 Å². The minimum atomic E-state index is -0.314. The van der Waals surface area contributed by atoms with Crippen molar-refractivity contribution >= 4 is 0 Å². The van der Waals surface area contributed by atoms with E-state index in [2.05, 4.69) is 5.32 Å². The van der Waals surface area contributed by atoms with E-state index in [0.29, 0.717) is 6.61 Å². The van der Waals surface area contributed by atoms with Crippen LogP contribution < -0.4 is 5.32 Å². The maximum atomic E-state index is 12.7. The third kappa shape index (κ3) is 1.79. The molecule has 0 saturated carbocycles. The van der Waals surface area contributed by atoms with Gasteiger partial charge < -0.3 is 10.1 Å². The van der Waals surface area contributed by atoms with Gasteiger partial charge in [-0.15, -0.1) is 0 Å². The van der Waals surface area contributed by atoms with Crippen LogP contribution in [0.2, 0.25) is 0 Å². The summed E-state index contributed by atoms with van der Waals surface area (Å²) < 4.78 is 18.4. The largest absolute Gasteiger partial charge is 0.368 e. The zero-order valence-corrected chi connectivity index (χ0v) is 8.22. The van der Waals surface area contributed by atoms with Crippen LogP contribution in [-0.2, 0) is 10.3 Å². The van der Waals surface area contributed by atoms with Gasteiger partial charge in [-0.25, -0.2) is 4.39 Å². The fourth-order valence-electron chi connectivity index (χ4n) is 1.71. The third-order valence-electron chi connectivity index (χ3n) is 2.62. The van der Waals surface area contributed by atoms with E-state index in [1.807, 2.05) is 6.92 Å². The van der Waals surface area contributed by atoms with Crippen LogP contribution in [0, 0.1) is 5.82 Å². The summed E-state index contributed by atoms with van der Waals surface area (Å²) in [6, 6.07) is 6.50. The summed E-state index contributed by atoms with van der Waals surface area (Å²) in [7, 11) is 0. The highest BCUT2D eigenvalue weighted by molar-refractivity contribution is 5.23. The second-order valence-electron chi connectivity index (χ2n) is 3.76. The average Bonchev–Trinajstić information content (AvgIpc) is 2.19. The number of rotatable bonds is 1. The second kappa shape index (κ2) is 3.67. The van der Waals surface area contributed by atoms with E-state index in [4.69, 9.17) is 4.74 Å². The van der Waals surface area contributed by atoms with Gasteiger partial charge in [0.05, 0.1) is 6.61 Å². The van der Waals surface area contributed by atoms with E-state index in [-0.39, 0.29) is 11.4 Å². The molecule has 1 heterocycles. The van der Waals surface area contributed by atoms with Gasteiger partial charge in [-0.3, -0.25) is 0 Å². The summed E-state index contributed by atoms with van der Waals surface area (Å²) in [4.78, 5) is 0. The fraction of sp³-hybridized carbons (Fsp3) is 0.455. The van der Waals surface area contributed by atoms with Gasteiger partial charge in [0.25, 0.3) is 0 Å². The van der Waals surface area contributed by atoms with Crippen molar-refractivity contribution in [1.82, 2.24) is 5.32 Å². The summed E-state index contributed by atoms with van der Waals surface area (Å²) >= 11 is 0. The molecule has 1 aromatic carbocycles. The molecule has 1 unspecified atom stereocenters. The maximum absolute atomic E-state index is 12.7. The molecule has 2 nitrogen and oxygen atoms in total. The number of halogens is 1. The molecular weight excluding hydrogens is 181 g/mol. The van der Waals surface area contributed by atoms with Crippen LogP contribution in [0.5, 0.6) is 0 Å². The molecule has 76 valence electrons. The Morgan fingerprint density at radius 3 is 2.64 bits per heavy atom. The molecule has 1 saturated heterocycles. The van der Waals surface area contributed by atoms with Gasteiger partial charge >= 0.3 is 0 Å². The lowest BCUT2D eigenvalue weighted by Crippen LogP contribution is -2.45. The van der Waals surface area contributed by atoms with Gasteiger partial charge in [0.1, 0.15) is 11.4 Å². The molecule has 0 bridgehead atoms. The first kappa shape index (κ1) is 9.62. The van der Waals surface area contributed by atoms with Crippen molar-refractivity contribution in [2.45, 2.75) is 12.5 Å². The fourth-order valence-corrected chi connectivity index (χ4v) is 1.71. The van der Waals surface area contributed by atoms with Gasteiger partial charge in [0.15, 0.2) is 0 Å². The van der Waals surface area contributed by atoms with Crippen LogP contribution in [0.4, 0.5) is 4.39 Å². The Morgan fingerprint density at radius 1 is 1.36 bits per heavy atom. The smallest absolute Gasteiger partial charge is 0.123 e. The van der Waals surface area contributed by atoms with E-state index >= 15 is 0 Å². The van der Waals surface area contributed by atoms with E-state index < -0.39 is 0 Å². The van der Waals surface area contributed by atoms with Crippen molar-refractivity contribution in [1.29, 1.82) is 0 Å². The highest BCUT2D eigenvalue weighted by Gasteiger charge is 2.29. The Morgan fingerprint density at radius 2 is 2.07 bits per heavy atom. The Kier molecular flexibility index (Phi) is 2.52. The molecule has 1 atom stereocenters. The molecule has 0 radical (unpaired) electrons. The van der Waals surface area contributed by atoms with Crippen molar-refractivity contribution in [3.8, 4) is 0 Å². The quantitative estimate of drug-likeness (QED) is 0.735. The third-order valence-corrected chi connectivity index (χ3v) is 2.62. The van der Waals surface area contributed by atoms with Crippen LogP contribution >= 0.6 is 0 Å². The van der Waals surface area contributed by atoms with Gasteiger partial charge in [-0.05, 0) is 24.6 Å². The van der Waals surface area contributed by atoms with Crippen molar-refractivity contribution < 1.29 is 9.13 Å². The lowest BCUT2D eigenvalue weighted by atomic mass is 9.95. The van der Waals surface area contributed by atoms with E-state index in [9.17, 15) is 4.39 Å². The number of morpholine rings is 1. The lowest BCUT2D eigenvalue weighted by Gasteiger charge is -2.34. The number of ether oxygens (including phenoxy) is 1. The van der Waals surface area contributed by atoms with Gasteiger partial charge in [0, 0.05) is 13.1 Å². The first-order valence-electron chi connectivity index (χ1n) is 4.81. The highest BCUT2D eigenvalue weighted by atomic mass is 19.1. The molecule has 1 aliphatic rings. The Bertz CT molecular complexity index is 304. The van der Waals surface area contributed by atoms with Crippen LogP contribution in [-0.4, -0.2) is 19.7 Å². The van der Waals surface area contributed by atoms with Crippen LogP contribution in [0.3, 0.4) is 0 Å². The van der Waals surface area contributed by atoms with Crippen molar-refractivity contribution in [3.63, 3.8) is 0 Å². The van der Waals surface area contributed by atoms with Crippen LogP contribution in [0.1, 0.15) is 12.5 Å². The minimum absolute atomic E-state index is 0.207. The molecule has 0 aromatic heterocycles. The predicted molar refractivity (Wildman–Crippen MR) is 52.6 cm³/mol. The summed E-state index contributed by atoms with van der Waals surface area (Å²) in [5.41, 5.74) is 0.706. The molecular formula is C11H14FNO. The Balaban J connectivity index is 2.23. The van der Waals surface area contributed by atoms with E-state index in [1.165, 1.54) is 12.1 Å². The van der Waals surface area contributed by atoms with Gasteiger partial charge in [-0.1, -0.05) is 12.1 Å². The molecule has 1 aromatic rings. The van der Waals surface area contributed by atoms with Crippen molar-refractivity contribution in [3.05, 3.63) is 35.6 Å². The topological polar surface area (TPSA) is 21.3 Å². The zero-order chi connectivity index (χ0) is 10.0. The number of benzene rings is 1. The molecule has 0 amide bonds. The zero-order valence-electron chi connectivity index (χ0n) is 8.22. The maximum Gasteiger partial charge on any atom is 0.123 e. The highest BCUT2D eigenvalue weighted by Crippen LogP contribution is 2.26. The van der Waals surface area contributed by atoms with E-state index in [0.717, 1.165) is 18.7 Å². The van der Waals surface area contributed by atoms with E-state index in [1.54, 1.807) is 12.1 Å². The summed E-state index contributed by atoms with van der Waals surface area (Å²) in [6.07, 6.45) is 0. The standard InChI is InChI=1S/C11H14FNO/c1-11(8-13-6-7-14-11)9-2-4-10(12)5-3-9/h2-5,13H,6-8H2,1H3. The molecule has 1 fully saturated rings. The molecule has 0 aliphatic carbocycles. The number of nitrogens with one attached hydrogen (secondary N) is 1. The summed E-state index contributed by atoms with van der Waals surface area (Å²) in [6.45, 7) is 4.38. The Hall–Kier alpha value is -0.930. The first-order valence-corrected chi connectivity index (χ1v) is 4.81. The SMILES string of the molecule is CC1(c2ccc(F)cc2)CNCCO1. The van der Waals surface area contributed by atoms with Crippen LogP contribution in [0.25, 0.3) is 0 Å². The normalized spacial score (nSPS) is 27.6. The molecule has 1 N–H and O–H groups in total. The average molecular weight is 195 g/mol. The van der Waals surface area contributed by atoms with Crippen LogP contribution in [0.15, 0.2) is 24.3 Å². The summed E-state index contributed by atoms with van der Waals surface area (Å²) in [5, 5.41) is 3.27. The van der Waals surface area contributed by atoms with Crippen molar-refractivity contribution in [2.75, 3.05) is 19.7 Å². The Labute approximate surface area is 83.1 Å². The molecule has 14 heavy (non-hydrogen) atoms. The summed E-state index contributed by atoms with van der Waals surface area (Å²) in [5.74, 6) is -0.207. The number of hydrogen-bond acceptors (Lipinski definition) is 2. The molecule has 1 aliphatic heterocycles. The monoisotopic (exact) mass is 195 g/mol. The predicted octanol–water partition coefficient (Wildman–Crippen LogP) is 1.66. The lowest BCUT2D eigenvalue weighted by molar-refractivity contribution is -0.0572. The molecule has 2 rings (SSSR count). The van der Waals surface area contributed by atoms with Gasteiger partial charge in [-0.2, -0.15) is 0 Å². The molecule has 3 heteroatoms. The minimum Gasteiger partial charge on any atom is -0.368 e. The number of hydrogen-bond donors (Lipinski definition) is 1. The second-order valence-corrected chi connectivity index (χ2v) is 3.76.